The summed E-state index contributed by atoms with van der Waals surface area (Å²) in [5, 5.41) is 6.77. The number of ether oxygens (including phenoxy) is 1. The first-order chi connectivity index (χ1) is 12.8. The third-order valence-corrected chi connectivity index (χ3v) is 5.32. The molecule has 2 N–H and O–H groups in total. The Labute approximate surface area is 160 Å². The zero-order valence-electron chi connectivity index (χ0n) is 15.6. The van der Waals surface area contributed by atoms with Gasteiger partial charge in [0.15, 0.2) is 5.96 Å². The zero-order valence-corrected chi connectivity index (χ0v) is 16.4. The summed E-state index contributed by atoms with van der Waals surface area (Å²) in [6, 6.07) is 12.9. The Morgan fingerprint density at radius 3 is 2.69 bits per heavy atom. The number of anilines is 1. The molecular formula is C20H28N4OS. The highest BCUT2D eigenvalue weighted by Gasteiger charge is 2.14. The van der Waals surface area contributed by atoms with E-state index in [1.165, 1.54) is 21.0 Å². The van der Waals surface area contributed by atoms with E-state index in [-0.39, 0.29) is 0 Å². The molecule has 0 atom stereocenters. The summed E-state index contributed by atoms with van der Waals surface area (Å²) in [4.78, 5) is 9.85. The first kappa shape index (κ1) is 18.7. The van der Waals surface area contributed by atoms with Gasteiger partial charge in [0.1, 0.15) is 0 Å². The number of aryl methyl sites for hydroxylation is 1. The molecule has 2 aromatic rings. The molecule has 0 saturated carbocycles. The first-order valence-electron chi connectivity index (χ1n) is 9.24. The molecule has 5 nitrogen and oxygen atoms in total. The van der Waals surface area contributed by atoms with E-state index in [0.29, 0.717) is 6.54 Å². The van der Waals surface area contributed by atoms with Gasteiger partial charge in [-0.05, 0) is 37.6 Å². The van der Waals surface area contributed by atoms with E-state index in [2.05, 4.69) is 65.8 Å². The molecule has 26 heavy (non-hydrogen) atoms. The quantitative estimate of drug-likeness (QED) is 0.604. The van der Waals surface area contributed by atoms with Crippen molar-refractivity contribution in [2.45, 2.75) is 26.9 Å². The number of rotatable bonds is 6. The minimum absolute atomic E-state index is 0.659. The molecule has 0 amide bonds. The summed E-state index contributed by atoms with van der Waals surface area (Å²) in [6.07, 6.45) is 0. The van der Waals surface area contributed by atoms with Crippen molar-refractivity contribution in [3.63, 3.8) is 0 Å². The Hall–Kier alpha value is -2.05. The molecule has 0 unspecified atom stereocenters. The summed E-state index contributed by atoms with van der Waals surface area (Å²) in [6.45, 7) is 10.0. The van der Waals surface area contributed by atoms with Crippen LogP contribution in [0.1, 0.15) is 22.2 Å². The van der Waals surface area contributed by atoms with E-state index in [4.69, 9.17) is 9.73 Å². The highest BCUT2D eigenvalue weighted by atomic mass is 32.1. The molecular weight excluding hydrogens is 344 g/mol. The van der Waals surface area contributed by atoms with Crippen molar-refractivity contribution in [3.8, 4) is 0 Å². The Bertz CT molecular complexity index is 722. The van der Waals surface area contributed by atoms with Crippen LogP contribution in [0.15, 0.2) is 41.4 Å². The molecule has 1 saturated heterocycles. The van der Waals surface area contributed by atoms with Crippen LogP contribution in [-0.2, 0) is 17.8 Å². The van der Waals surface area contributed by atoms with Crippen molar-refractivity contribution in [2.75, 3.05) is 37.7 Å². The van der Waals surface area contributed by atoms with Crippen LogP contribution in [0.3, 0.4) is 0 Å². The second-order valence-corrected chi connectivity index (χ2v) is 7.66. The maximum absolute atomic E-state index is 5.48. The monoisotopic (exact) mass is 372 g/mol. The molecule has 2 heterocycles. The van der Waals surface area contributed by atoms with Crippen molar-refractivity contribution in [1.29, 1.82) is 0 Å². The van der Waals surface area contributed by atoms with Crippen LogP contribution >= 0.6 is 11.3 Å². The second-order valence-electron chi connectivity index (χ2n) is 6.29. The van der Waals surface area contributed by atoms with Crippen molar-refractivity contribution >= 4 is 23.0 Å². The maximum atomic E-state index is 5.48. The number of guanidine groups is 1. The smallest absolute Gasteiger partial charge is 0.191 e. The fraction of sp³-hybridized carbons (Fsp3) is 0.450. The lowest BCUT2D eigenvalue weighted by Crippen LogP contribution is -2.37. The van der Waals surface area contributed by atoms with Crippen molar-refractivity contribution < 1.29 is 4.74 Å². The Morgan fingerprint density at radius 2 is 1.96 bits per heavy atom. The van der Waals surface area contributed by atoms with E-state index in [0.717, 1.165) is 45.4 Å². The van der Waals surface area contributed by atoms with Crippen molar-refractivity contribution in [1.82, 2.24) is 10.6 Å². The number of benzene rings is 1. The summed E-state index contributed by atoms with van der Waals surface area (Å²) < 4.78 is 5.48. The molecule has 1 fully saturated rings. The van der Waals surface area contributed by atoms with Gasteiger partial charge < -0.3 is 20.3 Å². The van der Waals surface area contributed by atoms with Gasteiger partial charge in [-0.3, -0.25) is 0 Å². The highest BCUT2D eigenvalue weighted by Crippen LogP contribution is 2.22. The predicted octanol–water partition coefficient (Wildman–Crippen LogP) is 3.15. The molecule has 0 spiro atoms. The Balaban J connectivity index is 1.67. The van der Waals surface area contributed by atoms with Crippen LogP contribution in [0, 0.1) is 6.92 Å². The standard InChI is InChI=1S/C20H28N4OS/c1-3-21-20(23-15-18-9-8-16(2)26-18)22-14-17-6-4-5-7-19(17)24-10-12-25-13-11-24/h4-9H,3,10-15H2,1-2H3,(H2,21,22,23). The number of aliphatic imine (C=N–C) groups is 1. The van der Waals surface area contributed by atoms with Gasteiger partial charge >= 0.3 is 0 Å². The average Bonchev–Trinajstić information content (AvgIpc) is 3.10. The number of hydrogen-bond donors (Lipinski definition) is 2. The predicted molar refractivity (Wildman–Crippen MR) is 110 cm³/mol. The molecule has 6 heteroatoms. The summed E-state index contributed by atoms with van der Waals surface area (Å²) in [5.41, 5.74) is 2.52. The van der Waals surface area contributed by atoms with Crippen LogP contribution in [0.5, 0.6) is 0 Å². The molecule has 3 rings (SSSR count). The lowest BCUT2D eigenvalue weighted by Gasteiger charge is -2.30. The number of nitrogens with zero attached hydrogens (tertiary/aromatic N) is 2. The van der Waals surface area contributed by atoms with Crippen LogP contribution < -0.4 is 15.5 Å². The lowest BCUT2D eigenvalue weighted by atomic mass is 10.1. The van der Waals surface area contributed by atoms with Gasteiger partial charge in [-0.25, -0.2) is 4.99 Å². The highest BCUT2D eigenvalue weighted by molar-refractivity contribution is 7.11. The van der Waals surface area contributed by atoms with E-state index in [1.54, 1.807) is 0 Å². The van der Waals surface area contributed by atoms with Gasteiger partial charge in [0.25, 0.3) is 0 Å². The van der Waals surface area contributed by atoms with E-state index >= 15 is 0 Å². The molecule has 1 aliphatic heterocycles. The van der Waals surface area contributed by atoms with E-state index < -0.39 is 0 Å². The van der Waals surface area contributed by atoms with Crippen molar-refractivity contribution in [3.05, 3.63) is 51.7 Å². The van der Waals surface area contributed by atoms with Gasteiger partial charge in [-0.1, -0.05) is 18.2 Å². The maximum Gasteiger partial charge on any atom is 0.191 e. The molecule has 1 aromatic carbocycles. The third kappa shape index (κ3) is 5.22. The minimum Gasteiger partial charge on any atom is -0.378 e. The largest absolute Gasteiger partial charge is 0.378 e. The number of thiophene rings is 1. The topological polar surface area (TPSA) is 48.9 Å². The molecule has 0 radical (unpaired) electrons. The van der Waals surface area contributed by atoms with Gasteiger partial charge in [-0.2, -0.15) is 0 Å². The number of hydrogen-bond acceptors (Lipinski definition) is 4. The zero-order chi connectivity index (χ0) is 18.2. The van der Waals surface area contributed by atoms with Gasteiger partial charge in [0.05, 0.1) is 26.3 Å². The normalized spacial score (nSPS) is 15.2. The lowest BCUT2D eigenvalue weighted by molar-refractivity contribution is 0.122. The fourth-order valence-electron chi connectivity index (χ4n) is 3.01. The van der Waals surface area contributed by atoms with Crippen molar-refractivity contribution in [2.24, 2.45) is 4.99 Å². The number of nitrogens with one attached hydrogen (secondary N) is 2. The molecule has 0 aliphatic carbocycles. The number of morpholine rings is 1. The van der Waals surface area contributed by atoms with E-state index in [1.807, 2.05) is 11.3 Å². The third-order valence-electron chi connectivity index (χ3n) is 4.32. The van der Waals surface area contributed by atoms with Crippen LogP contribution in [0.4, 0.5) is 5.69 Å². The summed E-state index contributed by atoms with van der Waals surface area (Å²) in [5.74, 6) is 0.857. The van der Waals surface area contributed by atoms with Gasteiger partial charge in [-0.15, -0.1) is 11.3 Å². The molecule has 0 bridgehead atoms. The van der Waals surface area contributed by atoms with Crippen LogP contribution in [0.25, 0.3) is 0 Å². The minimum atomic E-state index is 0.659. The van der Waals surface area contributed by atoms with E-state index in [9.17, 15) is 0 Å². The SMILES string of the molecule is CCNC(=NCc1ccccc1N1CCOCC1)NCc1ccc(C)s1. The van der Waals surface area contributed by atoms with Gasteiger partial charge in [0, 0.05) is 35.1 Å². The van der Waals surface area contributed by atoms with Crippen LogP contribution in [0.2, 0.25) is 0 Å². The first-order valence-corrected chi connectivity index (χ1v) is 10.1. The molecule has 140 valence electrons. The number of para-hydroxylation sites is 1. The van der Waals surface area contributed by atoms with Crippen LogP contribution in [-0.4, -0.2) is 38.8 Å². The average molecular weight is 373 g/mol. The molecule has 1 aromatic heterocycles. The molecule has 1 aliphatic rings. The Morgan fingerprint density at radius 1 is 1.15 bits per heavy atom. The Kier molecular flexibility index (Phi) is 6.91. The fourth-order valence-corrected chi connectivity index (χ4v) is 3.84. The second kappa shape index (κ2) is 9.59. The summed E-state index contributed by atoms with van der Waals surface area (Å²) in [7, 11) is 0. The van der Waals surface area contributed by atoms with Gasteiger partial charge in [0.2, 0.25) is 0 Å². The summed E-state index contributed by atoms with van der Waals surface area (Å²) >= 11 is 1.82.